The number of aryl methyl sites for hydroxylation is 1. The van der Waals surface area contributed by atoms with Crippen LogP contribution in [0.4, 0.5) is 10.1 Å². The highest BCUT2D eigenvalue weighted by Gasteiger charge is 2.11. The van der Waals surface area contributed by atoms with Gasteiger partial charge < -0.3 is 5.32 Å². The van der Waals surface area contributed by atoms with Crippen LogP contribution in [0.15, 0.2) is 30.7 Å². The lowest BCUT2D eigenvalue weighted by Crippen LogP contribution is -2.14. The molecule has 0 aliphatic carbocycles. The molecule has 0 bridgehead atoms. The minimum atomic E-state index is -0.533. The third-order valence-corrected chi connectivity index (χ3v) is 2.62. The van der Waals surface area contributed by atoms with Gasteiger partial charge in [-0.15, -0.1) is 0 Å². The predicted molar refractivity (Wildman–Crippen MR) is 66.1 cm³/mol. The topological polar surface area (TPSA) is 54.9 Å². The van der Waals surface area contributed by atoms with E-state index in [9.17, 15) is 9.18 Å². The van der Waals surface area contributed by atoms with Gasteiger partial charge in [0.05, 0.1) is 16.3 Å². The van der Waals surface area contributed by atoms with Crippen molar-refractivity contribution in [1.82, 2.24) is 9.97 Å². The van der Waals surface area contributed by atoms with Crippen LogP contribution in [0, 0.1) is 12.7 Å². The van der Waals surface area contributed by atoms with Crippen LogP contribution in [-0.2, 0) is 0 Å². The van der Waals surface area contributed by atoms with Crippen molar-refractivity contribution in [3.8, 4) is 0 Å². The number of rotatable bonds is 2. The second-order valence-corrected chi connectivity index (χ2v) is 4.01. The third kappa shape index (κ3) is 2.62. The van der Waals surface area contributed by atoms with Gasteiger partial charge >= 0.3 is 0 Å². The summed E-state index contributed by atoms with van der Waals surface area (Å²) in [5, 5.41) is 2.55. The number of hydrogen-bond acceptors (Lipinski definition) is 3. The van der Waals surface area contributed by atoms with Crippen LogP contribution < -0.4 is 5.32 Å². The molecule has 0 saturated carbocycles. The fourth-order valence-corrected chi connectivity index (χ4v) is 1.57. The van der Waals surface area contributed by atoms with E-state index in [4.69, 9.17) is 11.6 Å². The average molecular weight is 266 g/mol. The average Bonchev–Trinajstić information content (AvgIpc) is 2.34. The lowest BCUT2D eigenvalue weighted by atomic mass is 10.2. The first-order chi connectivity index (χ1) is 8.58. The molecule has 0 spiro atoms. The van der Waals surface area contributed by atoms with Gasteiger partial charge in [0.15, 0.2) is 0 Å². The van der Waals surface area contributed by atoms with Crippen molar-refractivity contribution in [3.63, 3.8) is 0 Å². The summed E-state index contributed by atoms with van der Waals surface area (Å²) in [5.41, 5.74) is 1.34. The number of anilines is 1. The maximum Gasteiger partial charge on any atom is 0.259 e. The Labute approximate surface area is 108 Å². The fraction of sp³-hybridized carbons (Fsp3) is 0.0833. The summed E-state index contributed by atoms with van der Waals surface area (Å²) in [6.45, 7) is 1.70. The first-order valence-corrected chi connectivity index (χ1v) is 5.48. The molecule has 0 radical (unpaired) electrons. The molecule has 1 aromatic heterocycles. The van der Waals surface area contributed by atoms with Crippen molar-refractivity contribution in [2.45, 2.75) is 6.92 Å². The van der Waals surface area contributed by atoms with Gasteiger partial charge in [-0.3, -0.25) is 4.79 Å². The Morgan fingerprint density at radius 2 is 2.22 bits per heavy atom. The number of halogens is 2. The molecule has 1 amide bonds. The minimum Gasteiger partial charge on any atom is -0.322 e. The molecule has 18 heavy (non-hydrogen) atoms. The van der Waals surface area contributed by atoms with E-state index in [1.54, 1.807) is 6.92 Å². The van der Waals surface area contributed by atoms with E-state index in [2.05, 4.69) is 15.3 Å². The van der Waals surface area contributed by atoms with Gasteiger partial charge in [-0.05, 0) is 25.1 Å². The lowest BCUT2D eigenvalue weighted by molar-refractivity contribution is 0.102. The summed E-state index contributed by atoms with van der Waals surface area (Å²) >= 11 is 5.62. The summed E-state index contributed by atoms with van der Waals surface area (Å²) in [5.74, 6) is -0.898. The molecule has 0 atom stereocenters. The van der Waals surface area contributed by atoms with Crippen LogP contribution in [0.1, 0.15) is 16.1 Å². The molecule has 92 valence electrons. The summed E-state index contributed by atoms with van der Waals surface area (Å²) in [6.07, 6.45) is 2.78. The van der Waals surface area contributed by atoms with Gasteiger partial charge in [0.2, 0.25) is 0 Å². The zero-order chi connectivity index (χ0) is 13.1. The van der Waals surface area contributed by atoms with E-state index in [1.165, 1.54) is 30.7 Å². The Morgan fingerprint density at radius 1 is 1.44 bits per heavy atom. The highest BCUT2D eigenvalue weighted by atomic mass is 35.5. The molecule has 4 nitrogen and oxygen atoms in total. The molecular weight excluding hydrogens is 257 g/mol. The van der Waals surface area contributed by atoms with Gasteiger partial charge in [0, 0.05) is 11.9 Å². The molecule has 0 aliphatic heterocycles. The van der Waals surface area contributed by atoms with Gasteiger partial charge in [-0.25, -0.2) is 14.4 Å². The van der Waals surface area contributed by atoms with E-state index >= 15 is 0 Å². The van der Waals surface area contributed by atoms with Crippen molar-refractivity contribution in [2.24, 2.45) is 0 Å². The van der Waals surface area contributed by atoms with Crippen LogP contribution in [0.2, 0.25) is 5.02 Å². The van der Waals surface area contributed by atoms with Gasteiger partial charge in [0.1, 0.15) is 12.1 Å². The molecule has 6 heteroatoms. The summed E-state index contributed by atoms with van der Waals surface area (Å²) < 4.78 is 13.0. The van der Waals surface area contributed by atoms with Gasteiger partial charge in [-0.1, -0.05) is 11.6 Å². The standard InChI is InChI=1S/C12H9ClFN3O/c1-7-9(5-15-6-16-7)12(18)17-8-2-3-11(14)10(13)4-8/h2-6H,1H3,(H,17,18). The molecule has 2 aromatic rings. The van der Waals surface area contributed by atoms with Crippen molar-refractivity contribution in [1.29, 1.82) is 0 Å². The smallest absolute Gasteiger partial charge is 0.259 e. The first-order valence-electron chi connectivity index (χ1n) is 5.11. The quantitative estimate of drug-likeness (QED) is 0.908. The second kappa shape index (κ2) is 5.10. The number of nitrogens with one attached hydrogen (secondary N) is 1. The summed E-state index contributed by atoms with van der Waals surface area (Å²) in [4.78, 5) is 19.6. The highest BCUT2D eigenvalue weighted by molar-refractivity contribution is 6.31. The zero-order valence-electron chi connectivity index (χ0n) is 9.45. The van der Waals surface area contributed by atoms with Crippen molar-refractivity contribution in [3.05, 3.63) is 52.8 Å². The van der Waals surface area contributed by atoms with E-state index in [-0.39, 0.29) is 10.9 Å². The molecule has 0 unspecified atom stereocenters. The first kappa shape index (κ1) is 12.4. The van der Waals surface area contributed by atoms with Gasteiger partial charge in [0.25, 0.3) is 5.91 Å². The van der Waals surface area contributed by atoms with E-state index in [0.29, 0.717) is 16.9 Å². The maximum atomic E-state index is 13.0. The van der Waals surface area contributed by atoms with Crippen LogP contribution >= 0.6 is 11.6 Å². The number of carbonyl (C=O) groups excluding carboxylic acids is 1. The number of aromatic nitrogens is 2. The third-order valence-electron chi connectivity index (χ3n) is 2.33. The van der Waals surface area contributed by atoms with Crippen LogP contribution in [0.3, 0.4) is 0 Å². The second-order valence-electron chi connectivity index (χ2n) is 3.60. The van der Waals surface area contributed by atoms with Crippen LogP contribution in [0.25, 0.3) is 0 Å². The molecule has 0 aliphatic rings. The number of nitrogens with zero attached hydrogens (tertiary/aromatic N) is 2. The van der Waals surface area contributed by atoms with E-state index in [0.717, 1.165) is 0 Å². The molecule has 1 heterocycles. The largest absolute Gasteiger partial charge is 0.322 e. The normalized spacial score (nSPS) is 10.2. The molecule has 0 saturated heterocycles. The highest BCUT2D eigenvalue weighted by Crippen LogP contribution is 2.20. The fourth-order valence-electron chi connectivity index (χ4n) is 1.39. The van der Waals surface area contributed by atoms with E-state index in [1.807, 2.05) is 0 Å². The molecule has 1 aromatic carbocycles. The lowest BCUT2D eigenvalue weighted by Gasteiger charge is -2.07. The monoisotopic (exact) mass is 265 g/mol. The Balaban J connectivity index is 2.22. The Bertz CT molecular complexity index is 604. The Kier molecular flexibility index (Phi) is 3.53. The Morgan fingerprint density at radius 3 is 2.89 bits per heavy atom. The maximum absolute atomic E-state index is 13.0. The number of benzene rings is 1. The van der Waals surface area contributed by atoms with Crippen LogP contribution in [0.5, 0.6) is 0 Å². The zero-order valence-corrected chi connectivity index (χ0v) is 10.2. The van der Waals surface area contributed by atoms with Gasteiger partial charge in [-0.2, -0.15) is 0 Å². The molecule has 2 rings (SSSR count). The predicted octanol–water partition coefficient (Wildman–Crippen LogP) is 2.83. The van der Waals surface area contributed by atoms with Crippen molar-refractivity contribution in [2.75, 3.05) is 5.32 Å². The molecule has 1 N–H and O–H groups in total. The molecule has 0 fully saturated rings. The number of carbonyl (C=O) groups is 1. The minimum absolute atomic E-state index is 0.0474. The summed E-state index contributed by atoms with van der Waals surface area (Å²) in [6, 6.07) is 3.96. The van der Waals surface area contributed by atoms with Crippen molar-refractivity contribution >= 4 is 23.2 Å². The number of amides is 1. The van der Waals surface area contributed by atoms with E-state index < -0.39 is 5.82 Å². The summed E-state index contributed by atoms with van der Waals surface area (Å²) in [7, 11) is 0. The number of hydrogen-bond donors (Lipinski definition) is 1. The van der Waals surface area contributed by atoms with Crippen LogP contribution in [-0.4, -0.2) is 15.9 Å². The Hall–Kier alpha value is -2.01. The van der Waals surface area contributed by atoms with Crippen molar-refractivity contribution < 1.29 is 9.18 Å². The molecular formula is C12H9ClFN3O. The SMILES string of the molecule is Cc1ncncc1C(=O)Nc1ccc(F)c(Cl)c1.